The molecule has 0 bridgehead atoms. The van der Waals surface area contributed by atoms with Gasteiger partial charge in [0.1, 0.15) is 6.04 Å². The summed E-state index contributed by atoms with van der Waals surface area (Å²) in [5.41, 5.74) is -0.377. The molecule has 0 heterocycles. The molecule has 1 saturated carbocycles. The van der Waals surface area contributed by atoms with Gasteiger partial charge in [-0.3, -0.25) is 4.79 Å². The van der Waals surface area contributed by atoms with Crippen LogP contribution >= 0.6 is 0 Å². The van der Waals surface area contributed by atoms with Crippen molar-refractivity contribution in [2.75, 3.05) is 0 Å². The van der Waals surface area contributed by atoms with Crippen molar-refractivity contribution in [3.05, 3.63) is 0 Å². The van der Waals surface area contributed by atoms with E-state index in [4.69, 9.17) is 5.11 Å². The van der Waals surface area contributed by atoms with Crippen LogP contribution in [0.5, 0.6) is 0 Å². The van der Waals surface area contributed by atoms with E-state index in [0.29, 0.717) is 6.42 Å². The van der Waals surface area contributed by atoms with Crippen molar-refractivity contribution in [3.8, 4) is 0 Å². The zero-order chi connectivity index (χ0) is 13.6. The summed E-state index contributed by atoms with van der Waals surface area (Å²) in [4.78, 5) is 23.4. The van der Waals surface area contributed by atoms with Crippen LogP contribution in [0, 0.1) is 5.41 Å². The maximum absolute atomic E-state index is 12.3. The molecular weight excluding hydrogens is 230 g/mol. The molecule has 0 aromatic carbocycles. The minimum absolute atomic E-state index is 0.0785. The maximum atomic E-state index is 12.3. The molecule has 4 nitrogen and oxygen atoms in total. The minimum Gasteiger partial charge on any atom is -0.480 e. The van der Waals surface area contributed by atoms with E-state index in [2.05, 4.69) is 5.32 Å². The molecule has 0 saturated heterocycles. The van der Waals surface area contributed by atoms with Crippen molar-refractivity contribution in [1.29, 1.82) is 0 Å². The molecule has 1 aliphatic rings. The van der Waals surface area contributed by atoms with Gasteiger partial charge in [-0.15, -0.1) is 0 Å². The summed E-state index contributed by atoms with van der Waals surface area (Å²) in [5, 5.41) is 11.8. The van der Waals surface area contributed by atoms with Crippen LogP contribution in [0.15, 0.2) is 0 Å². The predicted octanol–water partition coefficient (Wildman–Crippen LogP) is 2.72. The van der Waals surface area contributed by atoms with Gasteiger partial charge in [0.15, 0.2) is 0 Å². The second-order valence-electron chi connectivity index (χ2n) is 5.63. The summed E-state index contributed by atoms with van der Waals surface area (Å²) in [6, 6.07) is -0.734. The molecule has 18 heavy (non-hydrogen) atoms. The van der Waals surface area contributed by atoms with E-state index in [9.17, 15) is 9.59 Å². The van der Waals surface area contributed by atoms with Crippen molar-refractivity contribution >= 4 is 11.9 Å². The molecule has 1 unspecified atom stereocenters. The van der Waals surface area contributed by atoms with Crippen LogP contribution in [0.4, 0.5) is 0 Å². The van der Waals surface area contributed by atoms with Crippen LogP contribution in [0.3, 0.4) is 0 Å². The number of amides is 1. The summed E-state index contributed by atoms with van der Waals surface area (Å²) in [5.74, 6) is -1.01. The number of aliphatic carboxylic acids is 1. The summed E-state index contributed by atoms with van der Waals surface area (Å²) in [7, 11) is 0. The molecule has 1 amide bonds. The molecule has 1 aliphatic carbocycles. The van der Waals surface area contributed by atoms with Crippen molar-refractivity contribution in [3.63, 3.8) is 0 Å². The molecule has 2 N–H and O–H groups in total. The molecule has 104 valence electrons. The second kappa shape index (κ2) is 6.76. The first-order valence-electron chi connectivity index (χ1n) is 7.03. The quantitative estimate of drug-likeness (QED) is 0.742. The molecule has 1 fully saturated rings. The third-order valence-corrected chi connectivity index (χ3v) is 3.94. The zero-order valence-electron chi connectivity index (χ0n) is 11.5. The number of carbonyl (C=O) groups excluding carboxylic acids is 1. The monoisotopic (exact) mass is 255 g/mol. The van der Waals surface area contributed by atoms with Gasteiger partial charge < -0.3 is 10.4 Å². The largest absolute Gasteiger partial charge is 0.480 e. The Morgan fingerprint density at radius 1 is 1.22 bits per heavy atom. The molecule has 1 rings (SSSR count). The van der Waals surface area contributed by atoms with Gasteiger partial charge >= 0.3 is 5.97 Å². The van der Waals surface area contributed by atoms with Gasteiger partial charge in [-0.1, -0.05) is 46.0 Å². The Balaban J connectivity index is 2.63. The molecule has 0 aromatic rings. The number of hydrogen-bond donors (Lipinski definition) is 2. The highest BCUT2D eigenvalue weighted by atomic mass is 16.4. The smallest absolute Gasteiger partial charge is 0.326 e. The van der Waals surface area contributed by atoms with Crippen molar-refractivity contribution in [2.24, 2.45) is 5.41 Å². The Bertz CT molecular complexity index is 293. The summed E-state index contributed by atoms with van der Waals surface area (Å²) in [6.07, 6.45) is 7.49. The Kier molecular flexibility index (Phi) is 5.63. The highest BCUT2D eigenvalue weighted by Crippen LogP contribution is 2.34. The minimum atomic E-state index is -0.928. The number of hydrogen-bond acceptors (Lipinski definition) is 2. The van der Waals surface area contributed by atoms with Gasteiger partial charge in [0.05, 0.1) is 0 Å². The number of carboxylic acids is 1. The average molecular weight is 255 g/mol. The SMILES string of the molecule is CCCC(NC(=O)C1(C)CCCCCC1)C(=O)O. The summed E-state index contributed by atoms with van der Waals surface area (Å²) in [6.45, 7) is 3.90. The van der Waals surface area contributed by atoms with Crippen molar-refractivity contribution in [2.45, 2.75) is 71.3 Å². The van der Waals surface area contributed by atoms with Crippen LogP contribution in [0.25, 0.3) is 0 Å². The van der Waals surface area contributed by atoms with Gasteiger partial charge in [0.25, 0.3) is 0 Å². The van der Waals surface area contributed by atoms with Crippen LogP contribution in [0.1, 0.15) is 65.2 Å². The Morgan fingerprint density at radius 3 is 2.22 bits per heavy atom. The lowest BCUT2D eigenvalue weighted by molar-refractivity contribution is -0.144. The van der Waals surface area contributed by atoms with E-state index < -0.39 is 12.0 Å². The maximum Gasteiger partial charge on any atom is 0.326 e. The molecular formula is C14H25NO3. The van der Waals surface area contributed by atoms with E-state index in [1.807, 2.05) is 13.8 Å². The van der Waals surface area contributed by atoms with Crippen molar-refractivity contribution in [1.82, 2.24) is 5.32 Å². The Hall–Kier alpha value is -1.06. The normalized spacial score (nSPS) is 20.8. The molecule has 0 aliphatic heterocycles. The van der Waals surface area contributed by atoms with Crippen LogP contribution in [-0.2, 0) is 9.59 Å². The molecule has 0 aromatic heterocycles. The van der Waals surface area contributed by atoms with E-state index >= 15 is 0 Å². The predicted molar refractivity (Wildman–Crippen MR) is 70.3 cm³/mol. The van der Waals surface area contributed by atoms with E-state index in [1.54, 1.807) is 0 Å². The topological polar surface area (TPSA) is 66.4 Å². The molecule has 0 radical (unpaired) electrons. The highest BCUT2D eigenvalue weighted by Gasteiger charge is 2.35. The van der Waals surface area contributed by atoms with Crippen molar-refractivity contribution < 1.29 is 14.7 Å². The standard InChI is InChI=1S/C14H25NO3/c1-3-8-11(12(16)17)15-13(18)14(2)9-6-4-5-7-10-14/h11H,3-10H2,1-2H3,(H,15,18)(H,16,17). The van der Waals surface area contributed by atoms with Crippen LogP contribution < -0.4 is 5.32 Å². The first-order valence-corrected chi connectivity index (χ1v) is 7.03. The lowest BCUT2D eigenvalue weighted by Gasteiger charge is -2.28. The van der Waals surface area contributed by atoms with Gasteiger partial charge in [-0.25, -0.2) is 4.79 Å². The Morgan fingerprint density at radius 2 is 1.78 bits per heavy atom. The Labute approximate surface area is 109 Å². The fourth-order valence-electron chi connectivity index (χ4n) is 2.61. The third kappa shape index (κ3) is 4.00. The van der Waals surface area contributed by atoms with Gasteiger partial charge in [-0.05, 0) is 19.3 Å². The van der Waals surface area contributed by atoms with E-state index in [-0.39, 0.29) is 11.3 Å². The second-order valence-corrected chi connectivity index (χ2v) is 5.63. The van der Waals surface area contributed by atoms with Gasteiger partial charge in [0, 0.05) is 5.41 Å². The van der Waals surface area contributed by atoms with E-state index in [1.165, 1.54) is 12.8 Å². The summed E-state index contributed by atoms with van der Waals surface area (Å²) >= 11 is 0. The average Bonchev–Trinajstić information content (AvgIpc) is 2.54. The number of nitrogens with one attached hydrogen (secondary N) is 1. The number of rotatable bonds is 5. The highest BCUT2D eigenvalue weighted by molar-refractivity contribution is 5.87. The number of carboxylic acid groups (broad SMARTS) is 1. The first-order chi connectivity index (χ1) is 8.49. The van der Waals surface area contributed by atoms with Crippen LogP contribution in [-0.4, -0.2) is 23.0 Å². The number of carbonyl (C=O) groups is 2. The van der Waals surface area contributed by atoms with Gasteiger partial charge in [0.2, 0.25) is 5.91 Å². The lowest BCUT2D eigenvalue weighted by Crippen LogP contribution is -2.47. The fourth-order valence-corrected chi connectivity index (χ4v) is 2.61. The van der Waals surface area contributed by atoms with Gasteiger partial charge in [-0.2, -0.15) is 0 Å². The van der Waals surface area contributed by atoms with E-state index in [0.717, 1.165) is 32.1 Å². The fraction of sp³-hybridized carbons (Fsp3) is 0.857. The zero-order valence-corrected chi connectivity index (χ0v) is 11.5. The van der Waals surface area contributed by atoms with Crippen LogP contribution in [0.2, 0.25) is 0 Å². The molecule has 1 atom stereocenters. The first kappa shape index (κ1) is 15.0. The molecule has 4 heteroatoms. The summed E-state index contributed by atoms with van der Waals surface area (Å²) < 4.78 is 0. The lowest BCUT2D eigenvalue weighted by atomic mass is 9.81. The molecule has 0 spiro atoms. The third-order valence-electron chi connectivity index (χ3n) is 3.94.